The summed E-state index contributed by atoms with van der Waals surface area (Å²) in [4.78, 5) is 2.32. The van der Waals surface area contributed by atoms with Crippen molar-refractivity contribution < 1.29 is 4.57 Å². The molecular weight excluding hydrogens is 635 g/mol. The number of benzene rings is 6. The fourth-order valence-corrected chi connectivity index (χ4v) is 9.29. The Morgan fingerprint density at radius 2 is 1.06 bits per heavy atom. The second-order valence-electron chi connectivity index (χ2n) is 13.8. The van der Waals surface area contributed by atoms with Crippen LogP contribution in [0.4, 0.5) is 5.69 Å². The third-order valence-corrected chi connectivity index (χ3v) is 11.7. The molecule has 0 saturated heterocycles. The largest absolute Gasteiger partial charge is 0.347 e. The van der Waals surface area contributed by atoms with Crippen LogP contribution >= 0.6 is 11.3 Å². The van der Waals surface area contributed by atoms with Crippen LogP contribution in [0.25, 0.3) is 16.3 Å². The van der Waals surface area contributed by atoms with Crippen molar-refractivity contribution in [3.05, 3.63) is 198 Å². The number of aryl methyl sites for hydroxylation is 1. The van der Waals surface area contributed by atoms with Gasteiger partial charge in [-0.3, -0.25) is 0 Å². The third-order valence-electron chi connectivity index (χ3n) is 10.6. The Hall–Kier alpha value is -5.45. The topological polar surface area (TPSA) is 7.12 Å². The van der Waals surface area contributed by atoms with Gasteiger partial charge in [0.05, 0.1) is 0 Å². The number of allylic oxidation sites excluding steroid dienone is 3. The standard InChI is InChI=1S/C24H20B.C23H25N2S/c1-5-13-21(14-6-1)25(22-15-7-2-8-16-22,23-17-9-3-10-18-23)24-19-11-4-12-20-24;1-5-25-19-13-8-9-14-20(19)26-22(25)16-10-15-21-23(2,3)17-11-6-7-12-18(17)24(21)4/h1-20H;6-16H,5H2,1-4H3/q-1;+1. The van der Waals surface area contributed by atoms with Crippen molar-refractivity contribution in [3.8, 4) is 0 Å². The van der Waals surface area contributed by atoms with Crippen molar-refractivity contribution in [1.82, 2.24) is 0 Å². The van der Waals surface area contributed by atoms with E-state index in [2.05, 4.69) is 225 Å². The molecule has 1 aromatic heterocycles. The minimum Gasteiger partial charge on any atom is -0.347 e. The molecule has 0 fully saturated rings. The van der Waals surface area contributed by atoms with Crippen molar-refractivity contribution >= 4 is 61.3 Å². The first-order valence-electron chi connectivity index (χ1n) is 18.0. The highest BCUT2D eigenvalue weighted by molar-refractivity contribution is 7.20. The van der Waals surface area contributed by atoms with Crippen LogP contribution in [0.5, 0.6) is 0 Å². The zero-order chi connectivity index (χ0) is 35.3. The van der Waals surface area contributed by atoms with Gasteiger partial charge in [0.1, 0.15) is 17.4 Å². The van der Waals surface area contributed by atoms with Gasteiger partial charge in [-0.05, 0) is 30.7 Å². The molecule has 0 bridgehead atoms. The Morgan fingerprint density at radius 3 is 1.55 bits per heavy atom. The number of likely N-dealkylation sites (N-methyl/N-ethyl adjacent to an activating group) is 1. The van der Waals surface area contributed by atoms with Gasteiger partial charge >= 0.3 is 0 Å². The lowest BCUT2D eigenvalue weighted by molar-refractivity contribution is -0.665. The Labute approximate surface area is 307 Å². The van der Waals surface area contributed by atoms with Crippen LogP contribution in [0.3, 0.4) is 0 Å². The van der Waals surface area contributed by atoms with Gasteiger partial charge < -0.3 is 4.90 Å². The molecule has 4 heteroatoms. The summed E-state index contributed by atoms with van der Waals surface area (Å²) in [5.41, 5.74) is 10.7. The molecule has 0 saturated carbocycles. The molecule has 0 unspecified atom stereocenters. The summed E-state index contributed by atoms with van der Waals surface area (Å²) >= 11 is 1.85. The van der Waals surface area contributed by atoms with Gasteiger partial charge in [0.15, 0.2) is 0 Å². The van der Waals surface area contributed by atoms with E-state index in [4.69, 9.17) is 0 Å². The molecule has 6 aromatic carbocycles. The number of nitrogens with zero attached hydrogens (tertiary/aromatic N) is 2. The average molecular weight is 681 g/mol. The summed E-state index contributed by atoms with van der Waals surface area (Å²) in [6.45, 7) is 7.80. The van der Waals surface area contributed by atoms with Crippen LogP contribution in [0.1, 0.15) is 31.3 Å². The molecular formula is C47H45BN2S. The minimum atomic E-state index is -1.22. The van der Waals surface area contributed by atoms with Crippen LogP contribution in [-0.4, -0.2) is 13.2 Å². The maximum atomic E-state index is 2.38. The van der Waals surface area contributed by atoms with Gasteiger partial charge in [0.2, 0.25) is 5.52 Å². The monoisotopic (exact) mass is 680 g/mol. The molecule has 252 valence electrons. The molecule has 7 aromatic rings. The van der Waals surface area contributed by atoms with Crippen molar-refractivity contribution in [2.24, 2.45) is 0 Å². The van der Waals surface area contributed by atoms with Gasteiger partial charge in [-0.15, -0.1) is 0 Å². The van der Waals surface area contributed by atoms with Gasteiger partial charge in [-0.2, -0.15) is 26.4 Å². The Kier molecular flexibility index (Phi) is 9.88. The fraction of sp³-hybridized carbons (Fsp3) is 0.128. The second-order valence-corrected chi connectivity index (χ2v) is 14.8. The predicted octanol–water partition coefficient (Wildman–Crippen LogP) is 8.60. The van der Waals surface area contributed by atoms with Crippen LogP contribution in [0.2, 0.25) is 0 Å². The van der Waals surface area contributed by atoms with E-state index < -0.39 is 6.15 Å². The summed E-state index contributed by atoms with van der Waals surface area (Å²) in [6.07, 6.45) is 5.50. The van der Waals surface area contributed by atoms with Gasteiger partial charge in [-0.25, -0.2) is 0 Å². The molecule has 0 radical (unpaired) electrons. The first-order valence-corrected chi connectivity index (χ1v) is 18.8. The Morgan fingerprint density at radius 1 is 0.608 bits per heavy atom. The number of fused-ring (bicyclic) bond motifs is 2. The molecule has 0 N–H and O–H groups in total. The molecule has 2 heterocycles. The predicted molar refractivity (Wildman–Crippen MR) is 223 cm³/mol. The molecule has 0 spiro atoms. The smallest absolute Gasteiger partial charge is 0.262 e. The summed E-state index contributed by atoms with van der Waals surface area (Å²) < 4.78 is 3.72. The average Bonchev–Trinajstić information content (AvgIpc) is 3.64. The fourth-order valence-electron chi connectivity index (χ4n) is 8.15. The Balaban J connectivity index is 0.000000159. The number of hydrogen-bond acceptors (Lipinski definition) is 2. The van der Waals surface area contributed by atoms with E-state index in [1.54, 1.807) is 0 Å². The maximum Gasteiger partial charge on any atom is 0.262 e. The normalized spacial score (nSPS) is 14.4. The van der Waals surface area contributed by atoms with Crippen LogP contribution in [-0.2, 0) is 12.0 Å². The van der Waals surface area contributed by atoms with Crippen molar-refractivity contribution in [2.75, 3.05) is 11.9 Å². The van der Waals surface area contributed by atoms with Gasteiger partial charge in [0.25, 0.3) is 5.01 Å². The summed E-state index contributed by atoms with van der Waals surface area (Å²) in [6, 6.07) is 60.9. The van der Waals surface area contributed by atoms with Crippen molar-refractivity contribution in [1.29, 1.82) is 0 Å². The molecule has 0 amide bonds. The molecule has 51 heavy (non-hydrogen) atoms. The zero-order valence-corrected chi connectivity index (χ0v) is 30.8. The van der Waals surface area contributed by atoms with E-state index in [1.165, 1.54) is 54.0 Å². The summed E-state index contributed by atoms with van der Waals surface area (Å²) in [7, 11) is 2.17. The van der Waals surface area contributed by atoms with Crippen molar-refractivity contribution in [2.45, 2.75) is 32.7 Å². The van der Waals surface area contributed by atoms with E-state index in [0.29, 0.717) is 0 Å². The van der Waals surface area contributed by atoms with Crippen LogP contribution in [0, 0.1) is 0 Å². The third kappa shape index (κ3) is 6.37. The number of para-hydroxylation sites is 2. The molecule has 1 aliphatic rings. The van der Waals surface area contributed by atoms with E-state index in [1.807, 2.05) is 11.3 Å². The number of rotatable bonds is 7. The first kappa shape index (κ1) is 34.0. The summed E-state index contributed by atoms with van der Waals surface area (Å²) in [5, 5.41) is 1.29. The molecule has 1 aliphatic heterocycles. The lowest BCUT2D eigenvalue weighted by atomic mass is 9.13. The maximum absolute atomic E-state index is 2.38. The summed E-state index contributed by atoms with van der Waals surface area (Å²) in [5.74, 6) is 0. The van der Waals surface area contributed by atoms with Gasteiger partial charge in [-0.1, -0.05) is 183 Å². The number of aromatic nitrogens is 1. The first-order chi connectivity index (χ1) is 25.0. The van der Waals surface area contributed by atoms with Crippen molar-refractivity contribution in [3.63, 3.8) is 0 Å². The lowest BCUT2D eigenvalue weighted by Gasteiger charge is -2.44. The number of anilines is 1. The van der Waals surface area contributed by atoms with E-state index in [0.717, 1.165) is 6.54 Å². The Bertz CT molecular complexity index is 2110. The van der Waals surface area contributed by atoms with Gasteiger partial charge in [0, 0.05) is 36.0 Å². The highest BCUT2D eigenvalue weighted by Crippen LogP contribution is 2.46. The number of thiazole rings is 1. The molecule has 0 aliphatic carbocycles. The lowest BCUT2D eigenvalue weighted by Crippen LogP contribution is -2.74. The molecule has 2 nitrogen and oxygen atoms in total. The minimum absolute atomic E-state index is 0.0244. The SMILES string of the molecule is CC[n+]1c(C=CC=C2N(C)c3ccccc3C2(C)C)sc2ccccc21.c1ccc([B-](c2ccccc2)(c2ccccc2)c2ccccc2)cc1. The highest BCUT2D eigenvalue weighted by atomic mass is 32.1. The quantitative estimate of drug-likeness (QED) is 0.121. The number of hydrogen-bond donors (Lipinski definition) is 0. The molecule has 0 atom stereocenters. The zero-order valence-electron chi connectivity index (χ0n) is 30.0. The van der Waals surface area contributed by atoms with E-state index in [9.17, 15) is 0 Å². The van der Waals surface area contributed by atoms with E-state index >= 15 is 0 Å². The van der Waals surface area contributed by atoms with E-state index in [-0.39, 0.29) is 5.41 Å². The highest BCUT2D eigenvalue weighted by Gasteiger charge is 2.37. The van der Waals surface area contributed by atoms with Crippen LogP contribution in [0.15, 0.2) is 188 Å². The second kappa shape index (κ2) is 14.8. The molecule has 8 rings (SSSR count). The van der Waals surface area contributed by atoms with Crippen LogP contribution < -0.4 is 31.3 Å².